The van der Waals surface area contributed by atoms with Gasteiger partial charge in [0.1, 0.15) is 0 Å². The summed E-state index contributed by atoms with van der Waals surface area (Å²) in [6.07, 6.45) is 3.09. The standard InChI is InChI=1S/C7H8N2O3/c10-7(11)6-8-5(12-9-6)3-4-1-2-4/h4H,1-3H2,(H,10,11). The van der Waals surface area contributed by atoms with Gasteiger partial charge in [-0.25, -0.2) is 4.79 Å². The predicted octanol–water partition coefficient (Wildman–Crippen LogP) is 0.720. The smallest absolute Gasteiger partial charge is 0.377 e. The van der Waals surface area contributed by atoms with Crippen LogP contribution in [0.3, 0.4) is 0 Å². The largest absolute Gasteiger partial charge is 0.475 e. The first-order valence-corrected chi connectivity index (χ1v) is 3.81. The minimum atomic E-state index is -1.14. The van der Waals surface area contributed by atoms with Gasteiger partial charge in [-0.1, -0.05) is 0 Å². The summed E-state index contributed by atoms with van der Waals surface area (Å²) in [5.74, 6) is -0.312. The summed E-state index contributed by atoms with van der Waals surface area (Å²) >= 11 is 0. The van der Waals surface area contributed by atoms with Gasteiger partial charge in [-0.15, -0.1) is 0 Å². The van der Waals surface area contributed by atoms with Crippen LogP contribution >= 0.6 is 0 Å². The van der Waals surface area contributed by atoms with Crippen LogP contribution in [-0.4, -0.2) is 21.2 Å². The van der Waals surface area contributed by atoms with Crippen molar-refractivity contribution in [2.75, 3.05) is 0 Å². The molecule has 0 saturated heterocycles. The van der Waals surface area contributed by atoms with Gasteiger partial charge in [0.25, 0.3) is 5.82 Å². The van der Waals surface area contributed by atoms with Crippen LogP contribution in [0.15, 0.2) is 4.52 Å². The van der Waals surface area contributed by atoms with Crippen LogP contribution in [0.1, 0.15) is 29.4 Å². The maximum absolute atomic E-state index is 10.3. The number of rotatable bonds is 3. The molecule has 0 spiro atoms. The zero-order valence-corrected chi connectivity index (χ0v) is 6.36. The molecule has 1 heterocycles. The molecule has 1 aromatic rings. The van der Waals surface area contributed by atoms with Crippen molar-refractivity contribution in [1.29, 1.82) is 0 Å². The van der Waals surface area contributed by atoms with Crippen LogP contribution in [0, 0.1) is 5.92 Å². The van der Waals surface area contributed by atoms with Gasteiger partial charge >= 0.3 is 5.97 Å². The fourth-order valence-corrected chi connectivity index (χ4v) is 0.994. The van der Waals surface area contributed by atoms with Gasteiger partial charge in [0.15, 0.2) is 0 Å². The molecule has 5 heteroatoms. The SMILES string of the molecule is O=C(O)c1noc(CC2CC2)n1. The third-order valence-electron chi connectivity index (χ3n) is 1.82. The summed E-state index contributed by atoms with van der Waals surface area (Å²) in [5, 5.41) is 11.8. The minimum Gasteiger partial charge on any atom is -0.475 e. The van der Waals surface area contributed by atoms with E-state index < -0.39 is 5.97 Å². The minimum absolute atomic E-state index is 0.245. The van der Waals surface area contributed by atoms with E-state index in [-0.39, 0.29) is 5.82 Å². The molecule has 12 heavy (non-hydrogen) atoms. The molecule has 1 aromatic heterocycles. The van der Waals surface area contributed by atoms with Gasteiger partial charge < -0.3 is 9.63 Å². The van der Waals surface area contributed by atoms with E-state index in [1.54, 1.807) is 0 Å². The summed E-state index contributed by atoms with van der Waals surface area (Å²) in [6, 6.07) is 0. The average molecular weight is 168 g/mol. The fourth-order valence-electron chi connectivity index (χ4n) is 0.994. The van der Waals surface area contributed by atoms with E-state index in [1.807, 2.05) is 0 Å². The Morgan fingerprint density at radius 1 is 1.67 bits per heavy atom. The van der Waals surface area contributed by atoms with Gasteiger partial charge in [-0.2, -0.15) is 4.98 Å². The lowest BCUT2D eigenvalue weighted by molar-refractivity contribution is 0.0680. The van der Waals surface area contributed by atoms with Gasteiger partial charge in [0, 0.05) is 6.42 Å². The summed E-state index contributed by atoms with van der Waals surface area (Å²) in [6.45, 7) is 0. The molecule has 0 aliphatic heterocycles. The Hall–Kier alpha value is -1.39. The van der Waals surface area contributed by atoms with Crippen LogP contribution in [-0.2, 0) is 6.42 Å². The van der Waals surface area contributed by atoms with E-state index >= 15 is 0 Å². The van der Waals surface area contributed by atoms with Crippen LogP contribution in [0.2, 0.25) is 0 Å². The summed E-state index contributed by atoms with van der Waals surface area (Å²) in [7, 11) is 0. The maximum atomic E-state index is 10.3. The van der Waals surface area contributed by atoms with Gasteiger partial charge in [-0.3, -0.25) is 0 Å². The highest BCUT2D eigenvalue weighted by atomic mass is 16.5. The van der Waals surface area contributed by atoms with E-state index in [0.717, 1.165) is 6.42 Å². The summed E-state index contributed by atoms with van der Waals surface area (Å²) in [4.78, 5) is 14.0. The monoisotopic (exact) mass is 168 g/mol. The Balaban J connectivity index is 2.06. The number of hydrogen-bond acceptors (Lipinski definition) is 4. The Kier molecular flexibility index (Phi) is 1.56. The second-order valence-corrected chi connectivity index (χ2v) is 2.96. The van der Waals surface area contributed by atoms with Crippen molar-refractivity contribution in [3.8, 4) is 0 Å². The molecule has 0 radical (unpaired) electrons. The zero-order valence-electron chi connectivity index (χ0n) is 6.36. The number of carboxylic acid groups (broad SMARTS) is 1. The Bertz CT molecular complexity index is 303. The first-order valence-electron chi connectivity index (χ1n) is 3.81. The molecular formula is C7H8N2O3. The van der Waals surface area contributed by atoms with Crippen LogP contribution in [0.5, 0.6) is 0 Å². The number of aromatic carboxylic acids is 1. The lowest BCUT2D eigenvalue weighted by Crippen LogP contribution is -1.98. The van der Waals surface area contributed by atoms with E-state index in [2.05, 4.69) is 10.1 Å². The summed E-state index contributed by atoms with van der Waals surface area (Å²) < 4.78 is 4.73. The van der Waals surface area contributed by atoms with Gasteiger partial charge in [0.05, 0.1) is 0 Å². The molecule has 1 aliphatic carbocycles. The van der Waals surface area contributed by atoms with E-state index in [0.29, 0.717) is 11.8 Å². The quantitative estimate of drug-likeness (QED) is 0.719. The molecule has 1 aliphatic rings. The molecule has 64 valence electrons. The number of hydrogen-bond donors (Lipinski definition) is 1. The number of nitrogens with zero attached hydrogens (tertiary/aromatic N) is 2. The fraction of sp³-hybridized carbons (Fsp3) is 0.571. The van der Waals surface area contributed by atoms with E-state index in [9.17, 15) is 4.79 Å². The highest BCUT2D eigenvalue weighted by Crippen LogP contribution is 2.31. The van der Waals surface area contributed by atoms with Gasteiger partial charge in [0.2, 0.25) is 5.89 Å². The first kappa shape index (κ1) is 7.27. The molecule has 0 unspecified atom stereocenters. The Labute approximate surface area is 68.4 Å². The number of carbonyl (C=O) groups is 1. The van der Waals surface area contributed by atoms with Crippen molar-refractivity contribution in [2.45, 2.75) is 19.3 Å². The van der Waals surface area contributed by atoms with E-state index in [1.165, 1.54) is 12.8 Å². The Morgan fingerprint density at radius 3 is 2.92 bits per heavy atom. The molecule has 1 saturated carbocycles. The topological polar surface area (TPSA) is 76.2 Å². The Morgan fingerprint density at radius 2 is 2.42 bits per heavy atom. The summed E-state index contributed by atoms with van der Waals surface area (Å²) in [5.41, 5.74) is 0. The molecule has 2 rings (SSSR count). The van der Waals surface area contributed by atoms with Crippen molar-refractivity contribution in [3.63, 3.8) is 0 Å². The van der Waals surface area contributed by atoms with Crippen LogP contribution < -0.4 is 0 Å². The van der Waals surface area contributed by atoms with Crippen LogP contribution in [0.25, 0.3) is 0 Å². The van der Waals surface area contributed by atoms with Crippen molar-refractivity contribution >= 4 is 5.97 Å². The average Bonchev–Trinajstić information content (AvgIpc) is 2.66. The van der Waals surface area contributed by atoms with Crippen molar-refractivity contribution < 1.29 is 14.4 Å². The lowest BCUT2D eigenvalue weighted by atomic mass is 10.3. The molecule has 0 atom stereocenters. The molecule has 1 fully saturated rings. The molecule has 1 N–H and O–H groups in total. The molecular weight excluding hydrogens is 160 g/mol. The van der Waals surface area contributed by atoms with Crippen molar-refractivity contribution in [3.05, 3.63) is 11.7 Å². The molecule has 5 nitrogen and oxygen atoms in total. The third-order valence-corrected chi connectivity index (χ3v) is 1.82. The normalized spacial score (nSPS) is 16.3. The van der Waals surface area contributed by atoms with Crippen LogP contribution in [0.4, 0.5) is 0 Å². The number of carboxylic acids is 1. The zero-order chi connectivity index (χ0) is 8.55. The predicted molar refractivity (Wildman–Crippen MR) is 37.7 cm³/mol. The van der Waals surface area contributed by atoms with Crippen molar-refractivity contribution in [2.24, 2.45) is 5.92 Å². The first-order chi connectivity index (χ1) is 5.75. The van der Waals surface area contributed by atoms with E-state index in [4.69, 9.17) is 9.63 Å². The lowest BCUT2D eigenvalue weighted by Gasteiger charge is -1.84. The molecule has 0 aromatic carbocycles. The highest BCUT2D eigenvalue weighted by Gasteiger charge is 2.25. The maximum Gasteiger partial charge on any atom is 0.377 e. The second-order valence-electron chi connectivity index (χ2n) is 2.96. The second kappa shape index (κ2) is 2.58. The van der Waals surface area contributed by atoms with Crippen molar-refractivity contribution in [1.82, 2.24) is 10.1 Å². The molecule has 0 bridgehead atoms. The van der Waals surface area contributed by atoms with Gasteiger partial charge in [-0.05, 0) is 23.9 Å². The number of aromatic nitrogens is 2. The molecule has 0 amide bonds. The highest BCUT2D eigenvalue weighted by molar-refractivity contribution is 5.82. The third kappa shape index (κ3) is 1.44.